The molecule has 2 aromatic heterocycles. The van der Waals surface area contributed by atoms with Crippen LogP contribution >= 0.6 is 11.8 Å². The van der Waals surface area contributed by atoms with E-state index in [1.54, 1.807) is 4.40 Å². The molecular formula is C16H14F2N4OS. The Morgan fingerprint density at radius 2 is 1.92 bits per heavy atom. The lowest BCUT2D eigenvalue weighted by molar-refractivity contribution is 0.0938. The standard InChI is InChI=1S/C16H14F2N4OS/c1-10(14-21-20-13-4-2-3-9-22(13)14)19-15(23)11-5-7-12(8-6-11)24-16(17)18/h2-10,16H,1H3,(H,19,23). The minimum absolute atomic E-state index is 0.302. The highest BCUT2D eigenvalue weighted by molar-refractivity contribution is 7.99. The van der Waals surface area contributed by atoms with Crippen LogP contribution in [0.5, 0.6) is 0 Å². The fourth-order valence-electron chi connectivity index (χ4n) is 2.29. The number of aromatic nitrogens is 3. The lowest BCUT2D eigenvalue weighted by atomic mass is 10.2. The number of alkyl halides is 2. The quantitative estimate of drug-likeness (QED) is 0.717. The smallest absolute Gasteiger partial charge is 0.288 e. The van der Waals surface area contributed by atoms with Crippen molar-refractivity contribution in [1.82, 2.24) is 19.9 Å². The molecular weight excluding hydrogens is 334 g/mol. The number of carbonyl (C=O) groups is 1. The van der Waals surface area contributed by atoms with Crippen molar-refractivity contribution in [3.63, 3.8) is 0 Å². The van der Waals surface area contributed by atoms with Crippen LogP contribution < -0.4 is 5.32 Å². The summed E-state index contributed by atoms with van der Waals surface area (Å²) in [4.78, 5) is 12.7. The molecule has 0 saturated heterocycles. The Hall–Kier alpha value is -2.48. The van der Waals surface area contributed by atoms with Crippen molar-refractivity contribution in [3.8, 4) is 0 Å². The first-order valence-electron chi connectivity index (χ1n) is 7.20. The molecule has 24 heavy (non-hydrogen) atoms. The third-order valence-electron chi connectivity index (χ3n) is 3.42. The van der Waals surface area contributed by atoms with Crippen molar-refractivity contribution in [3.05, 3.63) is 60.0 Å². The summed E-state index contributed by atoms with van der Waals surface area (Å²) in [6, 6.07) is 11.2. The monoisotopic (exact) mass is 348 g/mol. The average Bonchev–Trinajstić information content (AvgIpc) is 2.99. The summed E-state index contributed by atoms with van der Waals surface area (Å²) in [7, 11) is 0. The molecule has 0 saturated carbocycles. The number of hydrogen-bond donors (Lipinski definition) is 1. The van der Waals surface area contributed by atoms with Gasteiger partial charge in [0.05, 0.1) is 6.04 Å². The number of halogens is 2. The van der Waals surface area contributed by atoms with Gasteiger partial charge in [-0.2, -0.15) is 8.78 Å². The SMILES string of the molecule is CC(NC(=O)c1ccc(SC(F)F)cc1)c1nnc2ccccn12. The lowest BCUT2D eigenvalue weighted by Crippen LogP contribution is -2.27. The predicted octanol–water partition coefficient (Wildman–Crippen LogP) is 3.54. The second kappa shape index (κ2) is 6.96. The van der Waals surface area contributed by atoms with Crippen molar-refractivity contribution in [2.75, 3.05) is 0 Å². The molecule has 0 bridgehead atoms. The van der Waals surface area contributed by atoms with E-state index in [1.165, 1.54) is 24.3 Å². The minimum atomic E-state index is -2.48. The highest BCUT2D eigenvalue weighted by atomic mass is 32.2. The van der Waals surface area contributed by atoms with E-state index in [-0.39, 0.29) is 11.9 Å². The maximum atomic E-state index is 12.3. The van der Waals surface area contributed by atoms with Crippen molar-refractivity contribution in [1.29, 1.82) is 0 Å². The van der Waals surface area contributed by atoms with Crippen molar-refractivity contribution >= 4 is 23.3 Å². The zero-order chi connectivity index (χ0) is 17.1. The van der Waals surface area contributed by atoms with Crippen LogP contribution in [0.4, 0.5) is 8.78 Å². The molecule has 1 N–H and O–H groups in total. The van der Waals surface area contributed by atoms with Gasteiger partial charge in [-0.15, -0.1) is 10.2 Å². The van der Waals surface area contributed by atoms with Crippen LogP contribution in [0.2, 0.25) is 0 Å². The third-order valence-corrected chi connectivity index (χ3v) is 4.14. The maximum absolute atomic E-state index is 12.3. The van der Waals surface area contributed by atoms with Gasteiger partial charge in [-0.25, -0.2) is 0 Å². The van der Waals surface area contributed by atoms with E-state index in [0.29, 0.717) is 33.7 Å². The van der Waals surface area contributed by atoms with E-state index in [2.05, 4.69) is 15.5 Å². The molecule has 1 aromatic carbocycles. The van der Waals surface area contributed by atoms with Crippen LogP contribution in [0, 0.1) is 0 Å². The molecule has 0 aliphatic carbocycles. The largest absolute Gasteiger partial charge is 0.342 e. The Bertz CT molecular complexity index is 851. The molecule has 0 radical (unpaired) electrons. The number of hydrogen-bond acceptors (Lipinski definition) is 4. The maximum Gasteiger partial charge on any atom is 0.288 e. The Morgan fingerprint density at radius 1 is 1.17 bits per heavy atom. The van der Waals surface area contributed by atoms with Crippen molar-refractivity contribution < 1.29 is 13.6 Å². The van der Waals surface area contributed by atoms with Crippen LogP contribution in [-0.2, 0) is 0 Å². The van der Waals surface area contributed by atoms with Gasteiger partial charge in [0.1, 0.15) is 0 Å². The Morgan fingerprint density at radius 3 is 2.62 bits per heavy atom. The molecule has 5 nitrogen and oxygen atoms in total. The predicted molar refractivity (Wildman–Crippen MR) is 87.2 cm³/mol. The van der Waals surface area contributed by atoms with Gasteiger partial charge in [0.25, 0.3) is 11.7 Å². The van der Waals surface area contributed by atoms with Gasteiger partial charge < -0.3 is 5.32 Å². The van der Waals surface area contributed by atoms with Crippen LogP contribution in [0.3, 0.4) is 0 Å². The Labute approximate surface area is 141 Å². The molecule has 1 atom stereocenters. The number of amides is 1. The fraction of sp³-hybridized carbons (Fsp3) is 0.188. The van der Waals surface area contributed by atoms with Crippen LogP contribution in [0.1, 0.15) is 29.1 Å². The number of carbonyl (C=O) groups excluding carboxylic acids is 1. The third kappa shape index (κ3) is 3.53. The van der Waals surface area contributed by atoms with E-state index in [9.17, 15) is 13.6 Å². The number of nitrogens with zero attached hydrogens (tertiary/aromatic N) is 3. The highest BCUT2D eigenvalue weighted by Gasteiger charge is 2.16. The number of rotatable bonds is 5. The molecule has 1 amide bonds. The topological polar surface area (TPSA) is 59.3 Å². The molecule has 2 heterocycles. The summed E-state index contributed by atoms with van der Waals surface area (Å²) in [5, 5.41) is 11.0. The van der Waals surface area contributed by atoms with E-state index in [0.717, 1.165) is 0 Å². The van der Waals surface area contributed by atoms with Crippen molar-refractivity contribution in [2.24, 2.45) is 0 Å². The molecule has 8 heteroatoms. The first kappa shape index (κ1) is 16.4. The van der Waals surface area contributed by atoms with Gasteiger partial charge >= 0.3 is 0 Å². The first-order chi connectivity index (χ1) is 11.5. The number of pyridine rings is 1. The average molecular weight is 348 g/mol. The van der Waals surface area contributed by atoms with E-state index < -0.39 is 5.76 Å². The number of benzene rings is 1. The Balaban J connectivity index is 1.72. The second-order valence-corrected chi connectivity index (χ2v) is 6.15. The molecule has 3 aromatic rings. The molecule has 0 fully saturated rings. The Kier molecular flexibility index (Phi) is 4.75. The van der Waals surface area contributed by atoms with Crippen LogP contribution in [0.15, 0.2) is 53.6 Å². The lowest BCUT2D eigenvalue weighted by Gasteiger charge is -2.12. The van der Waals surface area contributed by atoms with Crippen molar-refractivity contribution in [2.45, 2.75) is 23.6 Å². The summed E-state index contributed by atoms with van der Waals surface area (Å²) in [6.45, 7) is 1.81. The van der Waals surface area contributed by atoms with Gasteiger partial charge in [-0.05, 0) is 43.3 Å². The zero-order valence-corrected chi connectivity index (χ0v) is 13.5. The van der Waals surface area contributed by atoms with Gasteiger partial charge in [-0.1, -0.05) is 17.8 Å². The molecule has 0 aliphatic heterocycles. The van der Waals surface area contributed by atoms with Gasteiger partial charge in [0, 0.05) is 16.7 Å². The summed E-state index contributed by atoms with van der Waals surface area (Å²) in [5.41, 5.74) is 1.09. The van der Waals surface area contributed by atoms with Gasteiger partial charge in [0.2, 0.25) is 0 Å². The summed E-state index contributed by atoms with van der Waals surface area (Å²) < 4.78 is 26.4. The second-order valence-electron chi connectivity index (χ2n) is 5.09. The minimum Gasteiger partial charge on any atom is -0.342 e. The van der Waals surface area contributed by atoms with E-state index >= 15 is 0 Å². The van der Waals surface area contributed by atoms with Crippen LogP contribution in [-0.4, -0.2) is 26.3 Å². The molecule has 124 valence electrons. The molecule has 1 unspecified atom stereocenters. The van der Waals surface area contributed by atoms with E-state index in [4.69, 9.17) is 0 Å². The summed E-state index contributed by atoms with van der Waals surface area (Å²) >= 11 is 0.446. The normalized spacial score (nSPS) is 12.5. The molecule has 0 spiro atoms. The zero-order valence-electron chi connectivity index (χ0n) is 12.7. The highest BCUT2D eigenvalue weighted by Crippen LogP contribution is 2.25. The first-order valence-corrected chi connectivity index (χ1v) is 8.08. The summed E-state index contributed by atoms with van der Waals surface area (Å²) in [6.07, 6.45) is 1.82. The number of thioether (sulfide) groups is 1. The number of nitrogens with one attached hydrogen (secondary N) is 1. The van der Waals surface area contributed by atoms with Gasteiger partial charge in [-0.3, -0.25) is 9.20 Å². The number of fused-ring (bicyclic) bond motifs is 1. The van der Waals surface area contributed by atoms with Crippen LogP contribution in [0.25, 0.3) is 5.65 Å². The molecule has 0 aliphatic rings. The fourth-order valence-corrected chi connectivity index (χ4v) is 2.79. The summed E-state index contributed by atoms with van der Waals surface area (Å²) in [5.74, 6) is -2.17. The van der Waals surface area contributed by atoms with Gasteiger partial charge in [0.15, 0.2) is 11.5 Å². The van der Waals surface area contributed by atoms with E-state index in [1.807, 2.05) is 31.3 Å². The molecule has 3 rings (SSSR count).